The van der Waals surface area contributed by atoms with Gasteiger partial charge in [0.2, 0.25) is 0 Å². The van der Waals surface area contributed by atoms with E-state index in [0.717, 1.165) is 49.3 Å². The predicted molar refractivity (Wildman–Crippen MR) is 115 cm³/mol. The van der Waals surface area contributed by atoms with E-state index in [1.807, 2.05) is 42.5 Å². The van der Waals surface area contributed by atoms with Crippen molar-refractivity contribution in [2.75, 3.05) is 12.8 Å². The SMILES string of the molecule is COc1cccc(-c2cc3ccccc3c3nc(N)c4ccccc4c23)c1.[O-][Cl+3]([O-])([O-])O. The molecule has 0 spiro atoms. The molecule has 0 fully saturated rings. The van der Waals surface area contributed by atoms with E-state index in [2.05, 4.69) is 36.4 Å². The summed E-state index contributed by atoms with van der Waals surface area (Å²) in [6.07, 6.45) is 0. The second kappa shape index (κ2) is 8.58. The Morgan fingerprint density at radius 3 is 2.16 bits per heavy atom. The first kappa shape index (κ1) is 21.8. The molecule has 8 heteroatoms. The average molecular weight is 451 g/mol. The highest BCUT2D eigenvalue weighted by Crippen LogP contribution is 2.40. The molecule has 0 aliphatic rings. The summed E-state index contributed by atoms with van der Waals surface area (Å²) in [5.74, 6) is 1.40. The fourth-order valence-corrected chi connectivity index (χ4v) is 3.84. The topological polar surface area (TPSA) is 138 Å². The van der Waals surface area contributed by atoms with Crippen molar-refractivity contribution in [3.63, 3.8) is 0 Å². The maximum Gasteiger partial charge on any atom is 0.132 e. The summed E-state index contributed by atoms with van der Waals surface area (Å²) in [4.78, 5) is 4.81. The minimum atomic E-state index is -4.69. The number of pyridine rings is 1. The van der Waals surface area contributed by atoms with E-state index in [4.69, 9.17) is 34.1 Å². The highest BCUT2D eigenvalue weighted by Gasteiger charge is 2.15. The van der Waals surface area contributed by atoms with E-state index in [0.29, 0.717) is 5.82 Å². The van der Waals surface area contributed by atoms with Gasteiger partial charge in [0, 0.05) is 16.2 Å². The molecule has 5 aromatic rings. The molecule has 0 aliphatic carbocycles. The molecule has 32 heavy (non-hydrogen) atoms. The Morgan fingerprint density at radius 1 is 0.844 bits per heavy atom. The number of aromatic nitrogens is 1. The van der Waals surface area contributed by atoms with Gasteiger partial charge < -0.3 is 10.5 Å². The van der Waals surface area contributed by atoms with Crippen molar-refractivity contribution in [1.82, 2.24) is 4.98 Å². The minimum Gasteiger partial charge on any atom is -0.497 e. The number of nitrogen functional groups attached to an aromatic ring is 1. The van der Waals surface area contributed by atoms with Crippen LogP contribution in [0.3, 0.4) is 0 Å². The molecule has 0 saturated heterocycles. The minimum absolute atomic E-state index is 0.561. The summed E-state index contributed by atoms with van der Waals surface area (Å²) in [5.41, 5.74) is 9.48. The first-order valence-electron chi connectivity index (χ1n) is 9.53. The Morgan fingerprint density at radius 2 is 1.47 bits per heavy atom. The summed E-state index contributed by atoms with van der Waals surface area (Å²) in [7, 11) is -3.00. The third-order valence-electron chi connectivity index (χ3n) is 5.11. The highest BCUT2D eigenvalue weighted by molar-refractivity contribution is 6.22. The summed E-state index contributed by atoms with van der Waals surface area (Å²) < 4.78 is 38.2. The van der Waals surface area contributed by atoms with E-state index >= 15 is 0 Å². The Bertz CT molecular complexity index is 1430. The Hall–Kier alpha value is -3.46. The van der Waals surface area contributed by atoms with E-state index in [1.54, 1.807) is 7.11 Å². The van der Waals surface area contributed by atoms with Crippen LogP contribution in [0.5, 0.6) is 5.75 Å². The van der Waals surface area contributed by atoms with Gasteiger partial charge in [0.1, 0.15) is 11.6 Å². The number of ether oxygens (including phenoxy) is 1. The highest BCUT2D eigenvalue weighted by atomic mass is 35.7. The van der Waals surface area contributed by atoms with E-state index < -0.39 is 10.2 Å². The molecule has 0 radical (unpaired) electrons. The summed E-state index contributed by atoms with van der Waals surface area (Å²) >= 11 is 0. The first-order valence-corrected chi connectivity index (χ1v) is 10.8. The smallest absolute Gasteiger partial charge is 0.132 e. The molecule has 162 valence electrons. The molecule has 7 nitrogen and oxygen atoms in total. The van der Waals surface area contributed by atoms with Gasteiger partial charge in [-0.05, 0) is 40.1 Å². The standard InChI is InChI=1S/C24H18N2O.ClHO4/c1-27-17-9-6-8-15(13-17)21-14-16-7-2-3-10-18(16)23-22(21)19-11-4-5-12-20(19)24(25)26-23;2-1(3,4)5/h2-14H,1H3,(H2,25,26);(H,2,3,4,5). The van der Waals surface area contributed by atoms with Gasteiger partial charge >= 0.3 is 0 Å². The van der Waals surface area contributed by atoms with Crippen molar-refractivity contribution in [3.8, 4) is 16.9 Å². The van der Waals surface area contributed by atoms with Gasteiger partial charge in [0.15, 0.2) is 0 Å². The molecule has 0 bridgehead atoms. The Kier molecular flexibility index (Phi) is 5.84. The number of fused-ring (bicyclic) bond motifs is 5. The fourth-order valence-electron chi connectivity index (χ4n) is 3.84. The molecule has 0 amide bonds. The third-order valence-corrected chi connectivity index (χ3v) is 5.11. The number of hydrogen-bond acceptors (Lipinski definition) is 7. The maximum atomic E-state index is 8.60. The number of hydrogen-bond donors (Lipinski definition) is 2. The van der Waals surface area contributed by atoms with Crippen molar-refractivity contribution in [2.45, 2.75) is 0 Å². The van der Waals surface area contributed by atoms with Gasteiger partial charge in [-0.1, -0.05) is 60.7 Å². The lowest BCUT2D eigenvalue weighted by Gasteiger charge is -2.14. The molecule has 4 aromatic carbocycles. The van der Waals surface area contributed by atoms with Gasteiger partial charge in [0.05, 0.1) is 27.5 Å². The molecule has 0 atom stereocenters. The van der Waals surface area contributed by atoms with Crippen LogP contribution in [0.2, 0.25) is 0 Å². The Balaban J connectivity index is 0.000000444. The molecule has 5 rings (SSSR count). The molecule has 0 saturated carbocycles. The molecule has 0 unspecified atom stereocenters. The number of nitrogens with zero attached hydrogens (tertiary/aromatic N) is 1. The molecular formula is C24H19ClN2O5. The van der Waals surface area contributed by atoms with Crippen molar-refractivity contribution < 1.29 is 33.6 Å². The zero-order chi connectivity index (χ0) is 22.9. The summed E-state index contributed by atoms with van der Waals surface area (Å²) in [6.45, 7) is 0. The monoisotopic (exact) mass is 450 g/mol. The summed E-state index contributed by atoms with van der Waals surface area (Å²) in [5, 5.41) is 5.46. The lowest BCUT2D eigenvalue weighted by atomic mass is 9.92. The van der Waals surface area contributed by atoms with E-state index in [1.165, 1.54) is 0 Å². The zero-order valence-electron chi connectivity index (χ0n) is 17.0. The number of rotatable bonds is 2. The Labute approximate surface area is 185 Å². The van der Waals surface area contributed by atoms with Crippen LogP contribution in [0, 0.1) is 10.2 Å². The van der Waals surface area contributed by atoms with Crippen LogP contribution in [0.25, 0.3) is 43.6 Å². The van der Waals surface area contributed by atoms with E-state index in [-0.39, 0.29) is 0 Å². The van der Waals surface area contributed by atoms with Crippen LogP contribution in [0.1, 0.15) is 0 Å². The van der Waals surface area contributed by atoms with Crippen LogP contribution in [0.15, 0.2) is 78.9 Å². The van der Waals surface area contributed by atoms with Crippen molar-refractivity contribution in [2.24, 2.45) is 0 Å². The van der Waals surface area contributed by atoms with Crippen LogP contribution in [0.4, 0.5) is 5.82 Å². The summed E-state index contributed by atoms with van der Waals surface area (Å²) in [6, 6.07) is 26.9. The maximum absolute atomic E-state index is 8.60. The normalized spacial score (nSPS) is 11.4. The number of methoxy groups -OCH3 is 1. The number of benzene rings is 4. The molecule has 3 N–H and O–H groups in total. The van der Waals surface area contributed by atoms with Crippen LogP contribution in [-0.2, 0) is 0 Å². The first-order chi connectivity index (χ1) is 15.3. The average Bonchev–Trinajstić information content (AvgIpc) is 2.77. The van der Waals surface area contributed by atoms with Crippen LogP contribution < -0.4 is 24.4 Å². The van der Waals surface area contributed by atoms with Gasteiger partial charge in [-0.2, -0.15) is 14.0 Å². The van der Waals surface area contributed by atoms with Crippen LogP contribution >= 0.6 is 0 Å². The molecule has 1 aromatic heterocycles. The van der Waals surface area contributed by atoms with Crippen molar-refractivity contribution in [1.29, 1.82) is 0 Å². The molecule has 0 aliphatic heterocycles. The molecular weight excluding hydrogens is 432 g/mol. The van der Waals surface area contributed by atoms with Gasteiger partial charge in [-0.25, -0.2) is 4.98 Å². The van der Waals surface area contributed by atoms with Gasteiger partial charge in [0.25, 0.3) is 0 Å². The largest absolute Gasteiger partial charge is 0.497 e. The lowest BCUT2D eigenvalue weighted by molar-refractivity contribution is -1.92. The third kappa shape index (κ3) is 4.43. The quantitative estimate of drug-likeness (QED) is 0.390. The van der Waals surface area contributed by atoms with Crippen LogP contribution in [-0.4, -0.2) is 16.8 Å². The van der Waals surface area contributed by atoms with E-state index in [9.17, 15) is 0 Å². The number of anilines is 1. The predicted octanol–water partition coefficient (Wildman–Crippen LogP) is 1.68. The number of nitrogens with two attached hydrogens (primary N) is 1. The van der Waals surface area contributed by atoms with Gasteiger partial charge in [-0.15, -0.1) is 0 Å². The second-order valence-corrected chi connectivity index (χ2v) is 7.83. The van der Waals surface area contributed by atoms with Gasteiger partial charge in [-0.3, -0.25) is 0 Å². The lowest BCUT2D eigenvalue weighted by Crippen LogP contribution is -2.58. The number of halogens is 1. The van der Waals surface area contributed by atoms with Crippen molar-refractivity contribution in [3.05, 3.63) is 78.9 Å². The fraction of sp³-hybridized carbons (Fsp3) is 0.0417. The zero-order valence-corrected chi connectivity index (χ0v) is 17.7. The van der Waals surface area contributed by atoms with Crippen molar-refractivity contribution >= 4 is 38.3 Å². The molecule has 1 heterocycles. The second-order valence-electron chi connectivity index (χ2n) is 7.04.